The number of amides is 2. The quantitative estimate of drug-likeness (QED) is 0.411. The topological polar surface area (TPSA) is 122 Å². The molecule has 0 rings (SSSR count). The largest absolute Gasteiger partial charge is 0.480 e. The number of rotatable bonds is 6. The van der Waals surface area contributed by atoms with E-state index in [-0.39, 0.29) is 6.54 Å². The molecule has 0 saturated carbocycles. The van der Waals surface area contributed by atoms with Gasteiger partial charge in [-0.15, -0.1) is 0 Å². The Hall–Kier alpha value is -1.63. The fourth-order valence-electron chi connectivity index (χ4n) is 0.721. The summed E-state index contributed by atoms with van der Waals surface area (Å²) in [7, 11) is 0. The van der Waals surface area contributed by atoms with Crippen molar-refractivity contribution in [2.24, 2.45) is 5.73 Å². The van der Waals surface area contributed by atoms with Crippen LogP contribution in [0.25, 0.3) is 0 Å². The van der Waals surface area contributed by atoms with Gasteiger partial charge in [0.2, 0.25) is 11.8 Å². The van der Waals surface area contributed by atoms with E-state index in [0.29, 0.717) is 6.42 Å². The summed E-state index contributed by atoms with van der Waals surface area (Å²) in [6.07, 6.45) is 0.475. The van der Waals surface area contributed by atoms with Crippen LogP contribution in [0.3, 0.4) is 0 Å². The van der Waals surface area contributed by atoms with Crippen molar-refractivity contribution in [1.82, 2.24) is 10.6 Å². The first-order valence-electron chi connectivity index (χ1n) is 4.49. The van der Waals surface area contributed by atoms with Crippen molar-refractivity contribution in [3.05, 3.63) is 0 Å². The Balaban J connectivity index is 3.71. The molecule has 5 N–H and O–H groups in total. The zero-order chi connectivity index (χ0) is 11.8. The molecule has 0 heterocycles. The average Bonchev–Trinajstić information content (AvgIpc) is 2.21. The van der Waals surface area contributed by atoms with E-state index in [9.17, 15) is 14.4 Å². The van der Waals surface area contributed by atoms with Gasteiger partial charge >= 0.3 is 5.97 Å². The van der Waals surface area contributed by atoms with Gasteiger partial charge < -0.3 is 21.5 Å². The SMILES string of the molecule is CCC(N)C(=O)NCC(=O)NCC(=O)O. The lowest BCUT2D eigenvalue weighted by atomic mass is 10.2. The third-order valence-electron chi connectivity index (χ3n) is 1.64. The molecule has 0 aromatic carbocycles. The van der Waals surface area contributed by atoms with Gasteiger partial charge in [0.15, 0.2) is 0 Å². The van der Waals surface area contributed by atoms with Gasteiger partial charge in [-0.2, -0.15) is 0 Å². The van der Waals surface area contributed by atoms with Crippen molar-refractivity contribution in [1.29, 1.82) is 0 Å². The number of hydrogen-bond donors (Lipinski definition) is 4. The van der Waals surface area contributed by atoms with Crippen LogP contribution >= 0.6 is 0 Å². The summed E-state index contributed by atoms with van der Waals surface area (Å²) in [5, 5.41) is 12.6. The Kier molecular flexibility index (Phi) is 6.03. The molecule has 0 bridgehead atoms. The van der Waals surface area contributed by atoms with E-state index >= 15 is 0 Å². The Morgan fingerprint density at radius 1 is 1.27 bits per heavy atom. The van der Waals surface area contributed by atoms with Crippen LogP contribution in [0.2, 0.25) is 0 Å². The highest BCUT2D eigenvalue weighted by atomic mass is 16.4. The summed E-state index contributed by atoms with van der Waals surface area (Å²) in [6.45, 7) is 1.02. The molecular formula is C8H15N3O4. The molecule has 2 amide bonds. The minimum absolute atomic E-state index is 0.264. The standard InChI is InChI=1S/C8H15N3O4/c1-2-5(9)8(15)11-3-6(12)10-4-7(13)14/h5H,2-4,9H2,1H3,(H,10,12)(H,11,15)(H,13,14). The number of hydrogen-bond acceptors (Lipinski definition) is 4. The molecule has 0 aliphatic heterocycles. The minimum atomic E-state index is -1.14. The first kappa shape index (κ1) is 13.4. The third-order valence-corrected chi connectivity index (χ3v) is 1.64. The van der Waals surface area contributed by atoms with E-state index < -0.39 is 30.4 Å². The zero-order valence-electron chi connectivity index (χ0n) is 8.45. The van der Waals surface area contributed by atoms with Gasteiger partial charge in [-0.3, -0.25) is 14.4 Å². The molecule has 0 spiro atoms. The van der Waals surface area contributed by atoms with Crippen LogP contribution in [-0.2, 0) is 14.4 Å². The predicted molar refractivity (Wildman–Crippen MR) is 51.9 cm³/mol. The smallest absolute Gasteiger partial charge is 0.322 e. The monoisotopic (exact) mass is 217 g/mol. The van der Waals surface area contributed by atoms with E-state index in [0.717, 1.165) is 0 Å². The van der Waals surface area contributed by atoms with Crippen molar-refractivity contribution in [2.75, 3.05) is 13.1 Å². The van der Waals surface area contributed by atoms with Crippen molar-refractivity contribution >= 4 is 17.8 Å². The van der Waals surface area contributed by atoms with Crippen LogP contribution < -0.4 is 16.4 Å². The van der Waals surface area contributed by atoms with Crippen molar-refractivity contribution in [3.63, 3.8) is 0 Å². The van der Waals surface area contributed by atoms with Crippen molar-refractivity contribution in [3.8, 4) is 0 Å². The van der Waals surface area contributed by atoms with E-state index in [1.807, 2.05) is 0 Å². The van der Waals surface area contributed by atoms with E-state index in [1.165, 1.54) is 0 Å². The molecule has 1 atom stereocenters. The summed E-state index contributed by atoms with van der Waals surface area (Å²) in [4.78, 5) is 32.1. The molecule has 15 heavy (non-hydrogen) atoms. The molecule has 0 fully saturated rings. The summed E-state index contributed by atoms with van der Waals surface area (Å²) in [5.74, 6) is -2.13. The summed E-state index contributed by atoms with van der Waals surface area (Å²) < 4.78 is 0. The maximum atomic E-state index is 11.1. The van der Waals surface area contributed by atoms with Gasteiger partial charge in [0, 0.05) is 0 Å². The fourth-order valence-corrected chi connectivity index (χ4v) is 0.721. The van der Waals surface area contributed by atoms with Gasteiger partial charge in [-0.05, 0) is 6.42 Å². The van der Waals surface area contributed by atoms with Crippen LogP contribution in [-0.4, -0.2) is 42.0 Å². The Labute approximate surface area is 87.0 Å². The molecule has 7 heteroatoms. The molecule has 0 aromatic heterocycles. The Bertz CT molecular complexity index is 254. The maximum absolute atomic E-state index is 11.1. The summed E-state index contributed by atoms with van der Waals surface area (Å²) >= 11 is 0. The average molecular weight is 217 g/mol. The second-order valence-electron chi connectivity index (χ2n) is 2.90. The van der Waals surface area contributed by atoms with Crippen molar-refractivity contribution < 1.29 is 19.5 Å². The molecule has 1 unspecified atom stereocenters. The van der Waals surface area contributed by atoms with Gasteiger partial charge in [0.25, 0.3) is 0 Å². The lowest BCUT2D eigenvalue weighted by Crippen LogP contribution is -2.45. The van der Waals surface area contributed by atoms with Gasteiger partial charge in [-0.1, -0.05) is 6.92 Å². The lowest BCUT2D eigenvalue weighted by Gasteiger charge is -2.09. The molecule has 0 aromatic rings. The second kappa shape index (κ2) is 6.77. The molecule has 86 valence electrons. The van der Waals surface area contributed by atoms with Crippen LogP contribution in [0, 0.1) is 0 Å². The highest BCUT2D eigenvalue weighted by Crippen LogP contribution is 1.84. The first-order valence-corrected chi connectivity index (χ1v) is 4.49. The molecule has 0 saturated heterocycles. The highest BCUT2D eigenvalue weighted by molar-refractivity contribution is 5.88. The van der Waals surface area contributed by atoms with Crippen LogP contribution in [0.4, 0.5) is 0 Å². The first-order chi connectivity index (χ1) is 6.97. The lowest BCUT2D eigenvalue weighted by molar-refractivity contribution is -0.137. The summed E-state index contributed by atoms with van der Waals surface area (Å²) in [5.41, 5.74) is 5.39. The van der Waals surface area contributed by atoms with Gasteiger partial charge in [-0.25, -0.2) is 0 Å². The predicted octanol–water partition coefficient (Wildman–Crippen LogP) is -1.96. The van der Waals surface area contributed by atoms with Crippen molar-refractivity contribution in [2.45, 2.75) is 19.4 Å². The third kappa shape index (κ3) is 6.44. The Morgan fingerprint density at radius 3 is 2.33 bits per heavy atom. The molecule has 0 aliphatic rings. The number of carbonyl (C=O) groups excluding carboxylic acids is 2. The molecule has 7 nitrogen and oxygen atoms in total. The number of carboxylic acids is 1. The fraction of sp³-hybridized carbons (Fsp3) is 0.625. The number of aliphatic carboxylic acids is 1. The second-order valence-corrected chi connectivity index (χ2v) is 2.90. The maximum Gasteiger partial charge on any atom is 0.322 e. The highest BCUT2D eigenvalue weighted by Gasteiger charge is 2.11. The molecule has 0 aliphatic carbocycles. The number of carbonyl (C=O) groups is 3. The Morgan fingerprint density at radius 2 is 1.87 bits per heavy atom. The minimum Gasteiger partial charge on any atom is -0.480 e. The molecule has 0 radical (unpaired) electrons. The van der Waals surface area contributed by atoms with Crippen LogP contribution in [0.1, 0.15) is 13.3 Å². The summed E-state index contributed by atoms with van der Waals surface area (Å²) in [6, 6.07) is -0.641. The van der Waals surface area contributed by atoms with E-state index in [2.05, 4.69) is 10.6 Å². The number of nitrogens with one attached hydrogen (secondary N) is 2. The van der Waals surface area contributed by atoms with Crippen LogP contribution in [0.5, 0.6) is 0 Å². The van der Waals surface area contributed by atoms with Crippen LogP contribution in [0.15, 0.2) is 0 Å². The normalized spacial score (nSPS) is 11.6. The van der Waals surface area contributed by atoms with E-state index in [1.54, 1.807) is 6.92 Å². The number of nitrogens with two attached hydrogens (primary N) is 1. The zero-order valence-corrected chi connectivity index (χ0v) is 8.45. The van der Waals surface area contributed by atoms with Gasteiger partial charge in [0.05, 0.1) is 12.6 Å². The number of carboxylic acid groups (broad SMARTS) is 1. The van der Waals surface area contributed by atoms with E-state index in [4.69, 9.17) is 10.8 Å². The molecular weight excluding hydrogens is 202 g/mol. The van der Waals surface area contributed by atoms with Gasteiger partial charge in [0.1, 0.15) is 6.54 Å².